The Morgan fingerprint density at radius 1 is 1.67 bits per heavy atom. The van der Waals surface area contributed by atoms with Gasteiger partial charge in [0.2, 0.25) is 0 Å². The van der Waals surface area contributed by atoms with Gasteiger partial charge in [0, 0.05) is 12.6 Å². The Balaban J connectivity index is 3.83. The summed E-state index contributed by atoms with van der Waals surface area (Å²) in [5, 5.41) is 0. The fourth-order valence-corrected chi connectivity index (χ4v) is 1.35. The summed E-state index contributed by atoms with van der Waals surface area (Å²) in [4.78, 5) is 1.96. The van der Waals surface area contributed by atoms with E-state index in [-0.39, 0.29) is 0 Å². The first-order chi connectivity index (χ1) is 4.09. The van der Waals surface area contributed by atoms with Gasteiger partial charge in [0.25, 0.3) is 0 Å². The van der Waals surface area contributed by atoms with Crippen LogP contribution in [0.4, 0.5) is 0 Å². The minimum absolute atomic E-state index is 0.417. The minimum Gasteiger partial charge on any atom is -0.351 e. The summed E-state index contributed by atoms with van der Waals surface area (Å²) >= 11 is 10.4. The molecule has 0 bridgehead atoms. The topological polar surface area (TPSA) is 3.24 Å². The van der Waals surface area contributed by atoms with Crippen LogP contribution in [0.5, 0.6) is 0 Å². The predicted molar refractivity (Wildman–Crippen MR) is 46.0 cm³/mol. The van der Waals surface area contributed by atoms with Crippen molar-refractivity contribution in [2.24, 2.45) is 0 Å². The van der Waals surface area contributed by atoms with E-state index in [4.69, 9.17) is 23.8 Å². The first-order valence-corrected chi connectivity index (χ1v) is 3.84. The lowest BCUT2D eigenvalue weighted by atomic mass is 10.3. The van der Waals surface area contributed by atoms with Crippen molar-refractivity contribution in [1.82, 2.24) is 4.90 Å². The molecule has 9 heavy (non-hydrogen) atoms. The molecular formula is C6H12ClNS. The molecule has 0 heterocycles. The second kappa shape index (κ2) is 4.07. The summed E-state index contributed by atoms with van der Waals surface area (Å²) < 4.78 is 0.465. The number of nitrogens with zero attached hydrogens (tertiary/aromatic N) is 1. The maximum atomic E-state index is 5.60. The molecular weight excluding hydrogens is 154 g/mol. The van der Waals surface area contributed by atoms with Crippen LogP contribution in [0.25, 0.3) is 0 Å². The van der Waals surface area contributed by atoms with Crippen LogP contribution in [-0.4, -0.2) is 21.9 Å². The Morgan fingerprint density at radius 3 is 2.11 bits per heavy atom. The highest BCUT2D eigenvalue weighted by molar-refractivity contribution is 7.83. The molecule has 0 atom stereocenters. The van der Waals surface area contributed by atoms with Gasteiger partial charge in [-0.25, -0.2) is 0 Å². The van der Waals surface area contributed by atoms with Gasteiger partial charge in [-0.15, -0.1) is 0 Å². The number of halogens is 1. The Hall–Kier alpha value is 0.180. The van der Waals surface area contributed by atoms with Crippen molar-refractivity contribution >= 4 is 28.3 Å². The average molecular weight is 166 g/mol. The molecule has 3 heteroatoms. The summed E-state index contributed by atoms with van der Waals surface area (Å²) in [5.74, 6) is 0. The quantitative estimate of drug-likeness (QED) is 0.351. The Bertz CT molecular complexity index is 103. The molecule has 0 fully saturated rings. The molecule has 54 valence electrons. The van der Waals surface area contributed by atoms with Crippen LogP contribution in [0.3, 0.4) is 0 Å². The molecule has 0 N–H and O–H groups in total. The van der Waals surface area contributed by atoms with E-state index < -0.39 is 0 Å². The maximum Gasteiger partial charge on any atom is 0.170 e. The predicted octanol–water partition coefficient (Wildman–Crippen LogP) is 2.24. The van der Waals surface area contributed by atoms with Gasteiger partial charge in [-0.3, -0.25) is 0 Å². The molecule has 0 amide bonds. The molecule has 0 spiro atoms. The van der Waals surface area contributed by atoms with E-state index >= 15 is 0 Å². The lowest BCUT2D eigenvalue weighted by molar-refractivity contribution is 0.379. The smallest absolute Gasteiger partial charge is 0.170 e. The lowest BCUT2D eigenvalue weighted by Crippen LogP contribution is -2.32. The second-order valence-electron chi connectivity index (χ2n) is 2.13. The van der Waals surface area contributed by atoms with E-state index in [1.807, 2.05) is 11.8 Å². The number of hydrogen-bond acceptors (Lipinski definition) is 1. The van der Waals surface area contributed by atoms with Crippen LogP contribution in [0.2, 0.25) is 0 Å². The highest BCUT2D eigenvalue weighted by Gasteiger charge is 2.06. The van der Waals surface area contributed by atoms with Gasteiger partial charge in [-0.05, 0) is 33.0 Å². The molecule has 0 aromatic heterocycles. The Labute approximate surface area is 67.0 Å². The van der Waals surface area contributed by atoms with Gasteiger partial charge in [0.1, 0.15) is 0 Å². The summed E-state index contributed by atoms with van der Waals surface area (Å²) in [6.45, 7) is 7.06. The molecule has 0 aromatic rings. The summed E-state index contributed by atoms with van der Waals surface area (Å²) in [6, 6.07) is 0.417. The van der Waals surface area contributed by atoms with Crippen LogP contribution in [0, 0.1) is 0 Å². The normalized spacial score (nSPS) is 9.89. The van der Waals surface area contributed by atoms with Crippen molar-refractivity contribution in [3.8, 4) is 0 Å². The molecule has 0 aliphatic rings. The lowest BCUT2D eigenvalue weighted by Gasteiger charge is -2.23. The van der Waals surface area contributed by atoms with E-state index in [1.165, 1.54) is 0 Å². The summed E-state index contributed by atoms with van der Waals surface area (Å²) in [6.07, 6.45) is 0. The first-order valence-electron chi connectivity index (χ1n) is 3.05. The third-order valence-corrected chi connectivity index (χ3v) is 1.64. The molecule has 0 aliphatic heterocycles. The highest BCUT2D eigenvalue weighted by atomic mass is 35.5. The molecule has 0 rings (SSSR count). The summed E-state index contributed by atoms with van der Waals surface area (Å²) in [7, 11) is 0. The summed E-state index contributed by atoms with van der Waals surface area (Å²) in [5.41, 5.74) is 0. The minimum atomic E-state index is 0.417. The van der Waals surface area contributed by atoms with Crippen LogP contribution in [0.1, 0.15) is 20.8 Å². The van der Waals surface area contributed by atoms with Gasteiger partial charge in [-0.1, -0.05) is 11.6 Å². The van der Waals surface area contributed by atoms with E-state index in [0.29, 0.717) is 10.5 Å². The third-order valence-electron chi connectivity index (χ3n) is 1.19. The van der Waals surface area contributed by atoms with Crippen LogP contribution in [-0.2, 0) is 0 Å². The van der Waals surface area contributed by atoms with Gasteiger partial charge in [-0.2, -0.15) is 0 Å². The zero-order chi connectivity index (χ0) is 7.44. The number of thiocarbonyl (C=S) groups is 1. The molecule has 0 saturated heterocycles. The van der Waals surface area contributed by atoms with Gasteiger partial charge in [0.15, 0.2) is 4.45 Å². The second-order valence-corrected chi connectivity index (χ2v) is 3.10. The van der Waals surface area contributed by atoms with Crippen molar-refractivity contribution in [2.75, 3.05) is 6.54 Å². The molecule has 0 unspecified atom stereocenters. The first kappa shape index (κ1) is 9.18. The molecule has 0 aliphatic carbocycles. The Morgan fingerprint density at radius 2 is 2.11 bits per heavy atom. The van der Waals surface area contributed by atoms with Crippen molar-refractivity contribution in [3.05, 3.63) is 0 Å². The van der Waals surface area contributed by atoms with Crippen LogP contribution >= 0.6 is 23.8 Å². The van der Waals surface area contributed by atoms with Crippen LogP contribution < -0.4 is 0 Å². The fraction of sp³-hybridized carbons (Fsp3) is 0.833. The van der Waals surface area contributed by atoms with Gasteiger partial charge in [0.05, 0.1) is 0 Å². The van der Waals surface area contributed by atoms with Crippen molar-refractivity contribution in [2.45, 2.75) is 26.8 Å². The van der Waals surface area contributed by atoms with Gasteiger partial charge >= 0.3 is 0 Å². The molecule has 1 nitrogen and oxygen atoms in total. The molecule has 0 saturated carbocycles. The van der Waals surface area contributed by atoms with Crippen molar-refractivity contribution in [3.63, 3.8) is 0 Å². The Kier molecular flexibility index (Phi) is 4.15. The van der Waals surface area contributed by atoms with Crippen molar-refractivity contribution in [1.29, 1.82) is 0 Å². The van der Waals surface area contributed by atoms with E-state index in [1.54, 1.807) is 0 Å². The number of rotatable bonds is 2. The SMILES string of the molecule is CCN(C(=S)Cl)C(C)C. The monoisotopic (exact) mass is 165 g/mol. The standard InChI is InChI=1S/C6H12ClNS/c1-4-8(5(2)3)6(7)9/h5H,4H2,1-3H3. The zero-order valence-corrected chi connectivity index (χ0v) is 7.59. The maximum absolute atomic E-state index is 5.60. The molecule has 0 aromatic carbocycles. The number of hydrogen-bond donors (Lipinski definition) is 0. The largest absolute Gasteiger partial charge is 0.351 e. The molecule has 0 radical (unpaired) electrons. The van der Waals surface area contributed by atoms with Crippen molar-refractivity contribution < 1.29 is 0 Å². The van der Waals surface area contributed by atoms with E-state index in [9.17, 15) is 0 Å². The highest BCUT2D eigenvalue weighted by Crippen LogP contribution is 2.02. The third kappa shape index (κ3) is 3.01. The van der Waals surface area contributed by atoms with E-state index in [2.05, 4.69) is 13.8 Å². The average Bonchev–Trinajstić information content (AvgIpc) is 1.64. The zero-order valence-electron chi connectivity index (χ0n) is 6.02. The fourth-order valence-electron chi connectivity index (χ4n) is 0.692. The van der Waals surface area contributed by atoms with E-state index in [0.717, 1.165) is 6.54 Å². The van der Waals surface area contributed by atoms with Gasteiger partial charge < -0.3 is 4.90 Å². The van der Waals surface area contributed by atoms with Crippen LogP contribution in [0.15, 0.2) is 0 Å².